The quantitative estimate of drug-likeness (QED) is 0.271. The molecule has 188 valence electrons. The normalized spacial score (nSPS) is 20.6. The predicted molar refractivity (Wildman–Crippen MR) is 145 cm³/mol. The molecule has 7 heteroatoms. The lowest BCUT2D eigenvalue weighted by Crippen LogP contribution is -2.29. The number of allylic oxidation sites excluding steroid dienone is 10. The molecule has 0 amide bonds. The molecular formula is C29H33N2O4S+. The van der Waals surface area contributed by atoms with E-state index in [1.165, 1.54) is 11.3 Å². The van der Waals surface area contributed by atoms with Gasteiger partial charge in [-0.3, -0.25) is 9.59 Å². The molecule has 6 nitrogen and oxygen atoms in total. The molecule has 0 saturated carbocycles. The van der Waals surface area contributed by atoms with Crippen molar-refractivity contribution in [1.82, 2.24) is 4.90 Å². The van der Waals surface area contributed by atoms with Crippen molar-refractivity contribution in [3.05, 3.63) is 98.6 Å². The van der Waals surface area contributed by atoms with E-state index >= 15 is 0 Å². The van der Waals surface area contributed by atoms with Gasteiger partial charge in [0.1, 0.15) is 12.8 Å². The van der Waals surface area contributed by atoms with E-state index in [1.54, 1.807) is 18.2 Å². The lowest BCUT2D eigenvalue weighted by molar-refractivity contribution is -0.668. The number of thiazole rings is 1. The number of aliphatic hydroxyl groups excluding tert-OH is 1. The number of nitrogens with zero attached hydrogens (tertiary/aromatic N) is 2. The third kappa shape index (κ3) is 5.57. The number of carboxylic acid groups (broad SMARTS) is 1. The first-order valence-electron chi connectivity index (χ1n) is 11.7. The molecule has 0 aromatic carbocycles. The highest BCUT2D eigenvalue weighted by Gasteiger charge is 2.39. The van der Waals surface area contributed by atoms with Gasteiger partial charge in [-0.15, -0.1) is 0 Å². The maximum absolute atomic E-state index is 13.0. The zero-order valence-corrected chi connectivity index (χ0v) is 22.4. The van der Waals surface area contributed by atoms with Gasteiger partial charge in [0, 0.05) is 30.4 Å². The minimum absolute atomic E-state index is 0.0133. The molecule has 0 unspecified atom stereocenters. The van der Waals surface area contributed by atoms with Gasteiger partial charge in [-0.25, -0.2) is 0 Å². The summed E-state index contributed by atoms with van der Waals surface area (Å²) in [5, 5.41) is 20.9. The fourth-order valence-corrected chi connectivity index (χ4v) is 5.16. The van der Waals surface area contributed by atoms with Gasteiger partial charge in [0.15, 0.2) is 6.20 Å². The summed E-state index contributed by atoms with van der Waals surface area (Å²) in [7, 11) is 3.79. The number of aryl methyl sites for hydroxylation is 1. The molecule has 0 spiro atoms. The minimum Gasteiger partial charge on any atom is -0.506 e. The molecule has 1 aliphatic carbocycles. The molecule has 1 aromatic heterocycles. The molecule has 1 aliphatic heterocycles. The molecule has 3 rings (SSSR count). The van der Waals surface area contributed by atoms with Gasteiger partial charge in [0.25, 0.3) is 5.01 Å². The van der Waals surface area contributed by atoms with Crippen LogP contribution in [0.25, 0.3) is 12.2 Å². The van der Waals surface area contributed by atoms with Crippen LogP contribution < -0.4 is 4.57 Å². The van der Waals surface area contributed by atoms with E-state index < -0.39 is 11.4 Å². The Morgan fingerprint density at radius 2 is 1.92 bits per heavy atom. The summed E-state index contributed by atoms with van der Waals surface area (Å²) in [4.78, 5) is 27.2. The summed E-state index contributed by atoms with van der Waals surface area (Å²) in [5.41, 5.74) is 2.55. The highest BCUT2D eigenvalue weighted by molar-refractivity contribution is 7.13. The van der Waals surface area contributed by atoms with Crippen LogP contribution in [0.3, 0.4) is 0 Å². The third-order valence-corrected chi connectivity index (χ3v) is 7.25. The zero-order chi connectivity index (χ0) is 26.6. The minimum atomic E-state index is -0.894. The number of Topliss-reactive ketones (excluding diaryl/α,β-unsaturated/α-hetero) is 1. The molecule has 2 heterocycles. The number of aliphatic carboxylic acids is 1. The van der Waals surface area contributed by atoms with Gasteiger partial charge in [0.2, 0.25) is 5.78 Å². The van der Waals surface area contributed by atoms with Crippen molar-refractivity contribution in [2.45, 2.75) is 34.1 Å². The fraction of sp³-hybridized carbons (Fsp3) is 0.276. The van der Waals surface area contributed by atoms with Crippen molar-refractivity contribution < 1.29 is 24.4 Å². The molecule has 1 aromatic rings. The van der Waals surface area contributed by atoms with Crippen molar-refractivity contribution in [1.29, 1.82) is 0 Å². The summed E-state index contributed by atoms with van der Waals surface area (Å²) < 4.78 is 1.93. The number of aromatic nitrogens is 1. The van der Waals surface area contributed by atoms with E-state index in [0.29, 0.717) is 11.1 Å². The molecule has 0 saturated heterocycles. The maximum Gasteiger partial charge on any atom is 0.307 e. The van der Waals surface area contributed by atoms with E-state index in [4.69, 9.17) is 0 Å². The maximum atomic E-state index is 13.0. The largest absolute Gasteiger partial charge is 0.506 e. The van der Waals surface area contributed by atoms with Crippen LogP contribution in [0.2, 0.25) is 0 Å². The van der Waals surface area contributed by atoms with E-state index in [2.05, 4.69) is 0 Å². The number of carbonyl (C=O) groups excluding carboxylic acids is 1. The van der Waals surface area contributed by atoms with E-state index in [1.807, 2.05) is 100 Å². The standard InChI is InChI=1S/C29H32N2O4S/c1-7-9-10-12-21-18-31(6)25(36-21)16-23-27(34)22(28(23)35)15-24-29(3,4)20(17-30(24)5)13-19(11-8-2)14-26(32)33/h7-13,15-18H,14H2,1-6H3,(H-,32,33,34,35)/p+1/b9-7-,11-8-,12-10-,19-13+. The lowest BCUT2D eigenvalue weighted by Gasteiger charge is -2.28. The Bertz CT molecular complexity index is 1330. The Kier molecular flexibility index (Phi) is 8.15. The molecule has 0 atom stereocenters. The molecule has 2 N–H and O–H groups in total. The van der Waals surface area contributed by atoms with Crippen molar-refractivity contribution >= 4 is 35.2 Å². The fourth-order valence-electron chi connectivity index (χ4n) is 4.19. The lowest BCUT2D eigenvalue weighted by atomic mass is 9.79. The van der Waals surface area contributed by atoms with Gasteiger partial charge in [-0.05, 0) is 37.1 Å². The first kappa shape index (κ1) is 26.9. The second-order valence-corrected chi connectivity index (χ2v) is 10.4. The number of hydrogen-bond acceptors (Lipinski definition) is 5. The number of rotatable bonds is 8. The van der Waals surface area contributed by atoms with E-state index in [9.17, 15) is 19.8 Å². The first-order valence-corrected chi connectivity index (χ1v) is 12.5. The van der Waals surface area contributed by atoms with Crippen LogP contribution in [0.5, 0.6) is 0 Å². The predicted octanol–water partition coefficient (Wildman–Crippen LogP) is 5.66. The number of hydrogen-bond donors (Lipinski definition) is 2. The smallest absolute Gasteiger partial charge is 0.307 e. The second kappa shape index (κ2) is 10.9. The number of aliphatic hydroxyl groups is 1. The van der Waals surface area contributed by atoms with Crippen LogP contribution in [0.1, 0.15) is 44.0 Å². The SMILES string of the molecule is C/C=C\C=C/c1c[n+](C)c(C=C2C(=O)C(C=C3N(C)C=C(/C=C(\C=C/C)CC(=O)O)C3(C)C)=C2O)s1. The van der Waals surface area contributed by atoms with Gasteiger partial charge in [0.05, 0.1) is 22.4 Å². The average Bonchev–Trinajstić information content (AvgIpc) is 3.25. The summed E-state index contributed by atoms with van der Waals surface area (Å²) in [6.07, 6.45) is 20.6. The van der Waals surface area contributed by atoms with Gasteiger partial charge in [-0.1, -0.05) is 61.6 Å². The molecule has 0 bridgehead atoms. The van der Waals surface area contributed by atoms with Crippen molar-refractivity contribution in [2.75, 3.05) is 7.05 Å². The van der Waals surface area contributed by atoms with Crippen molar-refractivity contribution in [3.63, 3.8) is 0 Å². The number of ketones is 1. The number of carbonyl (C=O) groups is 2. The molecule has 0 radical (unpaired) electrons. The Labute approximate surface area is 216 Å². The molecule has 0 fully saturated rings. The summed E-state index contributed by atoms with van der Waals surface area (Å²) in [6.45, 7) is 7.84. The Balaban J connectivity index is 1.91. The van der Waals surface area contributed by atoms with Crippen LogP contribution in [0, 0.1) is 5.41 Å². The zero-order valence-electron chi connectivity index (χ0n) is 21.6. The first-order chi connectivity index (χ1) is 17.0. The van der Waals surface area contributed by atoms with E-state index in [-0.39, 0.29) is 23.5 Å². The summed E-state index contributed by atoms with van der Waals surface area (Å²) in [6, 6.07) is 0. The Morgan fingerprint density at radius 1 is 1.19 bits per heavy atom. The molecular weight excluding hydrogens is 472 g/mol. The topological polar surface area (TPSA) is 81.7 Å². The summed E-state index contributed by atoms with van der Waals surface area (Å²) in [5.74, 6) is -1.11. The third-order valence-electron chi connectivity index (χ3n) is 6.16. The van der Waals surface area contributed by atoms with Crippen LogP contribution in [0.15, 0.2) is 88.7 Å². The average molecular weight is 506 g/mol. The monoisotopic (exact) mass is 505 g/mol. The molecule has 2 aliphatic rings. The van der Waals surface area contributed by atoms with Gasteiger partial charge < -0.3 is 15.1 Å². The van der Waals surface area contributed by atoms with Gasteiger partial charge >= 0.3 is 5.97 Å². The van der Waals surface area contributed by atoms with E-state index in [0.717, 1.165) is 21.2 Å². The van der Waals surface area contributed by atoms with Crippen LogP contribution >= 0.6 is 11.3 Å². The second-order valence-electron chi connectivity index (χ2n) is 9.26. The highest BCUT2D eigenvalue weighted by Crippen LogP contribution is 2.45. The number of carboxylic acids is 1. The van der Waals surface area contributed by atoms with Crippen LogP contribution in [0.4, 0.5) is 0 Å². The summed E-state index contributed by atoms with van der Waals surface area (Å²) >= 11 is 1.53. The Morgan fingerprint density at radius 3 is 2.53 bits per heavy atom. The van der Waals surface area contributed by atoms with Gasteiger partial charge in [-0.2, -0.15) is 4.57 Å². The Hall–Kier alpha value is -3.71. The van der Waals surface area contributed by atoms with Crippen molar-refractivity contribution in [3.8, 4) is 0 Å². The van der Waals surface area contributed by atoms with Crippen molar-refractivity contribution in [2.24, 2.45) is 12.5 Å². The van der Waals surface area contributed by atoms with Crippen LogP contribution in [-0.4, -0.2) is 33.9 Å². The van der Waals surface area contributed by atoms with Crippen LogP contribution in [-0.2, 0) is 16.6 Å². The molecule has 36 heavy (non-hydrogen) atoms. The highest BCUT2D eigenvalue weighted by atomic mass is 32.1.